The first-order chi connectivity index (χ1) is 18.4. The second-order valence-electron chi connectivity index (χ2n) is 9.03. The Kier molecular flexibility index (Phi) is 7.51. The van der Waals surface area contributed by atoms with Gasteiger partial charge in [0.1, 0.15) is 10.6 Å². The van der Waals surface area contributed by atoms with Gasteiger partial charge < -0.3 is 9.64 Å². The van der Waals surface area contributed by atoms with E-state index in [4.69, 9.17) is 16.3 Å². The first-order valence-corrected chi connectivity index (χ1v) is 14.0. The minimum absolute atomic E-state index is 0.108. The molecule has 0 radical (unpaired) electrons. The molecule has 10 heteroatoms. The zero-order chi connectivity index (χ0) is 26.7. The fraction of sp³-hybridized carbons (Fsp3) is 0.214. The van der Waals surface area contributed by atoms with Crippen LogP contribution in [0, 0.1) is 0 Å². The number of piperazine rings is 1. The number of benzene rings is 2. The summed E-state index contributed by atoms with van der Waals surface area (Å²) in [5.41, 5.74) is 3.55. The number of methoxy groups -OCH3 is 1. The van der Waals surface area contributed by atoms with Gasteiger partial charge in [0, 0.05) is 68.0 Å². The summed E-state index contributed by atoms with van der Waals surface area (Å²) in [5.74, 6) is 0.409. The van der Waals surface area contributed by atoms with Crippen LogP contribution in [0.1, 0.15) is 11.1 Å². The molecule has 3 heterocycles. The average Bonchev–Trinajstić information content (AvgIpc) is 2.94. The highest BCUT2D eigenvalue weighted by atomic mass is 35.5. The molecular weight excluding hydrogens is 522 g/mol. The number of hydrogen-bond donors (Lipinski definition) is 1. The van der Waals surface area contributed by atoms with Gasteiger partial charge in [0.05, 0.1) is 23.3 Å². The van der Waals surface area contributed by atoms with E-state index in [1.165, 1.54) is 7.11 Å². The molecule has 1 aliphatic heterocycles. The van der Waals surface area contributed by atoms with Gasteiger partial charge in [0.25, 0.3) is 10.0 Å². The molecule has 1 N–H and O–H groups in total. The Balaban J connectivity index is 1.29. The lowest BCUT2D eigenvalue weighted by molar-refractivity contribution is 0.169. The molecular formula is C28H28ClN5O3S. The van der Waals surface area contributed by atoms with Gasteiger partial charge in [-0.15, -0.1) is 0 Å². The number of sulfonamides is 1. The number of nitrogens with zero attached hydrogens (tertiary/aromatic N) is 4. The van der Waals surface area contributed by atoms with E-state index in [0.29, 0.717) is 22.0 Å². The number of hydrogen-bond acceptors (Lipinski definition) is 7. The fourth-order valence-electron chi connectivity index (χ4n) is 4.58. The lowest BCUT2D eigenvalue weighted by Crippen LogP contribution is -2.44. The lowest BCUT2D eigenvalue weighted by atomic mass is 10.1. The standard InChI is InChI=1S/C28H28ClN5O3S/c1-20(34-15-13-33(14-16-34)19-23-10-12-30-18-24(23)29)22-8-9-25(26(17-22)37-2)32-38(35,36)27-7-3-5-21-6-4-11-31-28(21)27/h3-12,17-18,32H,1,13-16,19H2,2H3. The maximum atomic E-state index is 13.3. The largest absolute Gasteiger partial charge is 0.495 e. The van der Waals surface area contributed by atoms with E-state index in [9.17, 15) is 8.42 Å². The Morgan fingerprint density at radius 2 is 1.87 bits per heavy atom. The van der Waals surface area contributed by atoms with E-state index in [2.05, 4.69) is 31.1 Å². The molecule has 0 unspecified atom stereocenters. The van der Waals surface area contributed by atoms with Crippen molar-refractivity contribution < 1.29 is 13.2 Å². The van der Waals surface area contributed by atoms with Crippen LogP contribution in [0.25, 0.3) is 16.6 Å². The highest BCUT2D eigenvalue weighted by Crippen LogP contribution is 2.32. The Morgan fingerprint density at radius 1 is 1.08 bits per heavy atom. The molecule has 1 saturated heterocycles. The molecule has 0 bridgehead atoms. The Morgan fingerprint density at radius 3 is 2.63 bits per heavy atom. The van der Waals surface area contributed by atoms with Gasteiger partial charge in [0.15, 0.2) is 0 Å². The molecule has 38 heavy (non-hydrogen) atoms. The second kappa shape index (κ2) is 11.0. The van der Waals surface area contributed by atoms with Crippen molar-refractivity contribution in [3.63, 3.8) is 0 Å². The third-order valence-corrected chi connectivity index (χ3v) is 8.41. The molecule has 196 valence electrons. The maximum absolute atomic E-state index is 13.3. The van der Waals surface area contributed by atoms with Crippen LogP contribution >= 0.6 is 11.6 Å². The Bertz CT molecular complexity index is 1580. The molecule has 0 spiro atoms. The number of para-hydroxylation sites is 1. The third-order valence-electron chi connectivity index (χ3n) is 6.67. The molecule has 0 aliphatic carbocycles. The normalized spacial score (nSPS) is 14.4. The lowest BCUT2D eigenvalue weighted by Gasteiger charge is -2.37. The Hall–Kier alpha value is -3.66. The molecule has 5 rings (SSSR count). The van der Waals surface area contributed by atoms with Crippen LogP contribution in [0.5, 0.6) is 5.75 Å². The van der Waals surface area contributed by atoms with Crippen molar-refractivity contribution in [2.24, 2.45) is 0 Å². The van der Waals surface area contributed by atoms with Crippen LogP contribution in [0.3, 0.4) is 0 Å². The summed E-state index contributed by atoms with van der Waals surface area (Å²) in [4.78, 5) is 13.0. The number of pyridine rings is 2. The summed E-state index contributed by atoms with van der Waals surface area (Å²) >= 11 is 6.27. The van der Waals surface area contributed by atoms with Gasteiger partial charge in [0.2, 0.25) is 0 Å². The predicted molar refractivity (Wildman–Crippen MR) is 151 cm³/mol. The summed E-state index contributed by atoms with van der Waals surface area (Å²) in [6.45, 7) is 8.44. The van der Waals surface area contributed by atoms with E-state index in [0.717, 1.165) is 54.9 Å². The predicted octanol–water partition coefficient (Wildman–Crippen LogP) is 4.88. The number of anilines is 1. The van der Waals surface area contributed by atoms with Crippen molar-refractivity contribution in [1.82, 2.24) is 19.8 Å². The molecule has 4 aromatic rings. The average molecular weight is 550 g/mol. The summed E-state index contributed by atoms with van der Waals surface area (Å²) in [5, 5.41) is 1.43. The molecule has 2 aromatic heterocycles. The number of nitrogens with one attached hydrogen (secondary N) is 1. The van der Waals surface area contributed by atoms with Crippen LogP contribution in [0.2, 0.25) is 5.02 Å². The number of fused-ring (bicyclic) bond motifs is 1. The minimum Gasteiger partial charge on any atom is -0.495 e. The molecule has 1 fully saturated rings. The van der Waals surface area contributed by atoms with Crippen molar-refractivity contribution in [2.45, 2.75) is 11.4 Å². The molecule has 8 nitrogen and oxygen atoms in total. The van der Waals surface area contributed by atoms with Crippen molar-refractivity contribution in [1.29, 1.82) is 0 Å². The zero-order valence-corrected chi connectivity index (χ0v) is 22.5. The summed E-state index contributed by atoms with van der Waals surface area (Å²) in [6, 6.07) is 16.0. The van der Waals surface area contributed by atoms with Crippen molar-refractivity contribution >= 4 is 43.9 Å². The van der Waals surface area contributed by atoms with Crippen LogP contribution in [-0.2, 0) is 16.6 Å². The van der Waals surface area contributed by atoms with Gasteiger partial charge in [-0.25, -0.2) is 8.42 Å². The second-order valence-corrected chi connectivity index (χ2v) is 11.1. The molecule has 0 amide bonds. The van der Waals surface area contributed by atoms with E-state index in [-0.39, 0.29) is 4.90 Å². The maximum Gasteiger partial charge on any atom is 0.264 e. The first-order valence-electron chi connectivity index (χ1n) is 12.2. The molecule has 1 aliphatic rings. The number of rotatable bonds is 8. The van der Waals surface area contributed by atoms with Crippen LogP contribution in [-0.4, -0.2) is 61.5 Å². The fourth-order valence-corrected chi connectivity index (χ4v) is 6.01. The first kappa shape index (κ1) is 26.0. The topological polar surface area (TPSA) is 87.7 Å². The molecule has 0 atom stereocenters. The van der Waals surface area contributed by atoms with E-state index in [1.807, 2.05) is 30.3 Å². The van der Waals surface area contributed by atoms with E-state index in [1.54, 1.807) is 42.9 Å². The third kappa shape index (κ3) is 5.45. The molecule has 2 aromatic carbocycles. The zero-order valence-electron chi connectivity index (χ0n) is 21.0. The van der Waals surface area contributed by atoms with Gasteiger partial charge in [-0.1, -0.05) is 42.4 Å². The number of aromatic nitrogens is 2. The van der Waals surface area contributed by atoms with Gasteiger partial charge in [-0.05, 0) is 35.9 Å². The van der Waals surface area contributed by atoms with Gasteiger partial charge in [-0.2, -0.15) is 0 Å². The highest BCUT2D eigenvalue weighted by Gasteiger charge is 2.23. The summed E-state index contributed by atoms with van der Waals surface area (Å²) < 4.78 is 34.8. The minimum atomic E-state index is -3.91. The quantitative estimate of drug-likeness (QED) is 0.335. The van der Waals surface area contributed by atoms with Crippen LogP contribution in [0.4, 0.5) is 5.69 Å². The van der Waals surface area contributed by atoms with Crippen molar-refractivity contribution in [3.05, 3.63) is 95.9 Å². The van der Waals surface area contributed by atoms with Crippen LogP contribution < -0.4 is 9.46 Å². The van der Waals surface area contributed by atoms with Gasteiger partial charge in [-0.3, -0.25) is 19.6 Å². The van der Waals surface area contributed by atoms with Crippen molar-refractivity contribution in [3.8, 4) is 5.75 Å². The monoisotopic (exact) mass is 549 g/mol. The SMILES string of the molecule is C=C(c1ccc(NS(=O)(=O)c2cccc3cccnc23)c(OC)c1)N1CCN(Cc2ccncc2Cl)CC1. The van der Waals surface area contributed by atoms with Crippen LogP contribution in [0.15, 0.2) is 84.7 Å². The summed E-state index contributed by atoms with van der Waals surface area (Å²) in [7, 11) is -2.39. The number of halogens is 1. The van der Waals surface area contributed by atoms with E-state index >= 15 is 0 Å². The number of ether oxygens (including phenoxy) is 1. The van der Waals surface area contributed by atoms with Gasteiger partial charge >= 0.3 is 0 Å². The Labute approximate surface area is 227 Å². The van der Waals surface area contributed by atoms with E-state index < -0.39 is 10.0 Å². The highest BCUT2D eigenvalue weighted by molar-refractivity contribution is 7.93. The summed E-state index contributed by atoms with van der Waals surface area (Å²) in [6.07, 6.45) is 5.01. The molecule has 0 saturated carbocycles. The van der Waals surface area contributed by atoms with Crippen molar-refractivity contribution in [2.75, 3.05) is 38.0 Å². The smallest absolute Gasteiger partial charge is 0.264 e.